The molecule has 2 rings (SSSR count). The number of rotatable bonds is 11. The Balaban J connectivity index is 2.19. The summed E-state index contributed by atoms with van der Waals surface area (Å²) in [5.41, 5.74) is 1.75. The molecule has 0 radical (unpaired) electrons. The van der Waals surface area contributed by atoms with E-state index in [-0.39, 0.29) is 24.0 Å². The summed E-state index contributed by atoms with van der Waals surface area (Å²) in [5, 5.41) is 2.62. The van der Waals surface area contributed by atoms with Gasteiger partial charge in [-0.15, -0.1) is 6.58 Å². The van der Waals surface area contributed by atoms with E-state index < -0.39 is 34.0 Å². The van der Waals surface area contributed by atoms with Crippen LogP contribution in [0.5, 0.6) is 0 Å². The molecule has 0 aliphatic carbocycles. The minimum atomic E-state index is -3.99. The van der Waals surface area contributed by atoms with Crippen LogP contribution >= 0.6 is 0 Å². The number of ether oxygens (including phenoxy) is 1. The van der Waals surface area contributed by atoms with Gasteiger partial charge in [0.15, 0.2) is 0 Å². The molecule has 2 aromatic carbocycles. The highest BCUT2D eigenvalue weighted by atomic mass is 32.2. The number of aryl methyl sites for hydroxylation is 1. The number of hydrogen-bond acceptors (Lipinski definition) is 5. The van der Waals surface area contributed by atoms with E-state index in [0.29, 0.717) is 0 Å². The molecule has 0 aliphatic heterocycles. The van der Waals surface area contributed by atoms with E-state index in [1.807, 2.05) is 37.3 Å². The maximum Gasteiger partial charge on any atom is 0.328 e. The minimum absolute atomic E-state index is 0.0562. The summed E-state index contributed by atoms with van der Waals surface area (Å²) in [6.07, 6.45) is 1.44. The number of nitrogens with one attached hydrogen (secondary N) is 1. The first-order valence-electron chi connectivity index (χ1n) is 10.8. The summed E-state index contributed by atoms with van der Waals surface area (Å²) in [7, 11) is -3.99. The molecular formula is C25H32N2O5S. The number of amides is 1. The number of carbonyl (C=O) groups excluding carboxylic acids is 2. The van der Waals surface area contributed by atoms with Gasteiger partial charge in [0.1, 0.15) is 18.7 Å². The summed E-state index contributed by atoms with van der Waals surface area (Å²) in [6.45, 7) is 10.6. The third-order valence-corrected chi connectivity index (χ3v) is 6.94. The average molecular weight is 473 g/mol. The van der Waals surface area contributed by atoms with Gasteiger partial charge in [-0.2, -0.15) is 4.31 Å². The fourth-order valence-electron chi connectivity index (χ4n) is 3.31. The molecule has 1 amide bonds. The number of benzene rings is 2. The summed E-state index contributed by atoms with van der Waals surface area (Å²) in [5.74, 6) is -1.55. The van der Waals surface area contributed by atoms with Crippen molar-refractivity contribution in [2.75, 3.05) is 6.54 Å². The summed E-state index contributed by atoms with van der Waals surface area (Å²) >= 11 is 0. The van der Waals surface area contributed by atoms with Crippen molar-refractivity contribution in [1.82, 2.24) is 9.62 Å². The van der Waals surface area contributed by atoms with Crippen LogP contribution < -0.4 is 5.32 Å². The number of nitrogens with zero attached hydrogens (tertiary/aromatic N) is 1. The first kappa shape index (κ1) is 26.3. The molecule has 0 saturated heterocycles. The molecule has 1 N–H and O–H groups in total. The third-order valence-electron chi connectivity index (χ3n) is 5.08. The van der Waals surface area contributed by atoms with Crippen molar-refractivity contribution >= 4 is 21.9 Å². The standard InChI is InChI=1S/C25H32N2O5S/c1-6-16-27(33(30,31)22-14-12-19(4)13-15-22)23(18(2)3)24(28)26-20(5)25(29)32-17-21-10-8-7-9-11-21/h6-15,18,20,23H,1,16-17H2,2-5H3,(H,26,28)/t20-,23?/m0/s1. The molecule has 0 heterocycles. The van der Waals surface area contributed by atoms with Crippen molar-refractivity contribution in [3.63, 3.8) is 0 Å². The second-order valence-corrected chi connectivity index (χ2v) is 10.1. The van der Waals surface area contributed by atoms with E-state index in [1.54, 1.807) is 26.0 Å². The topological polar surface area (TPSA) is 92.8 Å². The lowest BCUT2D eigenvalue weighted by molar-refractivity contribution is -0.149. The molecule has 2 aromatic rings. The largest absolute Gasteiger partial charge is 0.459 e. The van der Waals surface area contributed by atoms with Crippen LogP contribution in [0.3, 0.4) is 0 Å². The van der Waals surface area contributed by atoms with E-state index in [0.717, 1.165) is 15.4 Å². The van der Waals surface area contributed by atoms with Gasteiger partial charge in [-0.05, 0) is 37.5 Å². The van der Waals surface area contributed by atoms with Crippen molar-refractivity contribution in [2.24, 2.45) is 5.92 Å². The maximum absolute atomic E-state index is 13.4. The van der Waals surface area contributed by atoms with Crippen LogP contribution in [0.1, 0.15) is 31.9 Å². The van der Waals surface area contributed by atoms with Crippen LogP contribution in [0.2, 0.25) is 0 Å². The van der Waals surface area contributed by atoms with Gasteiger partial charge in [-0.3, -0.25) is 4.79 Å². The van der Waals surface area contributed by atoms with E-state index in [2.05, 4.69) is 11.9 Å². The highest BCUT2D eigenvalue weighted by Crippen LogP contribution is 2.23. The van der Waals surface area contributed by atoms with Gasteiger partial charge in [0.2, 0.25) is 15.9 Å². The lowest BCUT2D eigenvalue weighted by Crippen LogP contribution is -2.55. The molecule has 0 bridgehead atoms. The van der Waals surface area contributed by atoms with E-state index in [9.17, 15) is 18.0 Å². The fraction of sp³-hybridized carbons (Fsp3) is 0.360. The molecular weight excluding hydrogens is 440 g/mol. The van der Waals surface area contributed by atoms with Gasteiger partial charge in [-0.25, -0.2) is 13.2 Å². The van der Waals surface area contributed by atoms with Crippen LogP contribution in [-0.4, -0.2) is 43.2 Å². The summed E-state index contributed by atoms with van der Waals surface area (Å²) in [4.78, 5) is 25.7. The number of sulfonamides is 1. The van der Waals surface area contributed by atoms with Crippen LogP contribution in [-0.2, 0) is 31.0 Å². The summed E-state index contributed by atoms with van der Waals surface area (Å²) < 4.78 is 33.1. The smallest absolute Gasteiger partial charge is 0.328 e. The normalized spacial score (nSPS) is 13.4. The fourth-order valence-corrected chi connectivity index (χ4v) is 5.00. The van der Waals surface area contributed by atoms with Crippen molar-refractivity contribution in [3.8, 4) is 0 Å². The monoisotopic (exact) mass is 472 g/mol. The molecule has 1 unspecified atom stereocenters. The lowest BCUT2D eigenvalue weighted by atomic mass is 10.0. The third kappa shape index (κ3) is 7.00. The number of esters is 1. The Labute approximate surface area is 196 Å². The number of hydrogen-bond donors (Lipinski definition) is 1. The first-order valence-corrected chi connectivity index (χ1v) is 12.2. The quantitative estimate of drug-likeness (QED) is 0.399. The van der Waals surface area contributed by atoms with Crippen LogP contribution in [0.15, 0.2) is 72.1 Å². The van der Waals surface area contributed by atoms with Gasteiger partial charge in [0.05, 0.1) is 4.90 Å². The lowest BCUT2D eigenvalue weighted by Gasteiger charge is -2.32. The van der Waals surface area contributed by atoms with E-state index in [4.69, 9.17) is 4.74 Å². The van der Waals surface area contributed by atoms with E-state index >= 15 is 0 Å². The Morgan fingerprint density at radius 3 is 2.21 bits per heavy atom. The Bertz CT molecular complexity index is 1050. The molecule has 0 aromatic heterocycles. The van der Waals surface area contributed by atoms with Gasteiger partial charge < -0.3 is 10.1 Å². The zero-order chi connectivity index (χ0) is 24.6. The Hall–Kier alpha value is -2.97. The summed E-state index contributed by atoms with van der Waals surface area (Å²) in [6, 6.07) is 13.6. The Morgan fingerprint density at radius 1 is 1.06 bits per heavy atom. The molecule has 0 fully saturated rings. The van der Waals surface area contributed by atoms with Gasteiger partial charge in [0, 0.05) is 6.54 Å². The predicted octanol–water partition coefficient (Wildman–Crippen LogP) is 3.44. The first-order chi connectivity index (χ1) is 15.6. The van der Waals surface area contributed by atoms with Crippen molar-refractivity contribution < 1.29 is 22.7 Å². The van der Waals surface area contributed by atoms with Crippen molar-refractivity contribution in [2.45, 2.75) is 51.3 Å². The van der Waals surface area contributed by atoms with Crippen LogP contribution in [0.4, 0.5) is 0 Å². The van der Waals surface area contributed by atoms with Crippen molar-refractivity contribution in [1.29, 1.82) is 0 Å². The zero-order valence-electron chi connectivity index (χ0n) is 19.5. The Kier molecular flexibility index (Phi) is 9.37. The van der Waals surface area contributed by atoms with Crippen LogP contribution in [0, 0.1) is 12.8 Å². The van der Waals surface area contributed by atoms with Gasteiger partial charge in [0.25, 0.3) is 0 Å². The molecule has 0 saturated carbocycles. The van der Waals surface area contributed by atoms with E-state index in [1.165, 1.54) is 25.1 Å². The molecule has 7 nitrogen and oxygen atoms in total. The Morgan fingerprint density at radius 2 is 1.67 bits per heavy atom. The second kappa shape index (κ2) is 11.8. The van der Waals surface area contributed by atoms with Crippen molar-refractivity contribution in [3.05, 3.63) is 78.4 Å². The average Bonchev–Trinajstić information content (AvgIpc) is 2.77. The maximum atomic E-state index is 13.4. The highest BCUT2D eigenvalue weighted by Gasteiger charge is 2.38. The molecule has 0 aliphatic rings. The highest BCUT2D eigenvalue weighted by molar-refractivity contribution is 7.89. The zero-order valence-corrected chi connectivity index (χ0v) is 20.3. The predicted molar refractivity (Wildman–Crippen MR) is 128 cm³/mol. The molecule has 178 valence electrons. The molecule has 33 heavy (non-hydrogen) atoms. The van der Waals surface area contributed by atoms with Gasteiger partial charge >= 0.3 is 5.97 Å². The SMILES string of the molecule is C=CCN(C(C(=O)N[C@@H](C)C(=O)OCc1ccccc1)C(C)C)S(=O)(=O)c1ccc(C)cc1. The molecule has 0 spiro atoms. The van der Waals surface area contributed by atoms with Crippen LogP contribution in [0.25, 0.3) is 0 Å². The second-order valence-electron chi connectivity index (χ2n) is 8.19. The van der Waals surface area contributed by atoms with Gasteiger partial charge in [-0.1, -0.05) is 68.0 Å². The minimum Gasteiger partial charge on any atom is -0.459 e. The number of carbonyl (C=O) groups is 2. The molecule has 8 heteroatoms. The molecule has 2 atom stereocenters.